The highest BCUT2D eigenvalue weighted by Gasteiger charge is 2.48. The molecule has 41 heavy (non-hydrogen) atoms. The third-order valence-electron chi connectivity index (χ3n) is 9.26. The smallest absolute Gasteiger partial charge is 0.254 e. The van der Waals surface area contributed by atoms with Gasteiger partial charge in [0.25, 0.3) is 17.3 Å². The van der Waals surface area contributed by atoms with Crippen LogP contribution in [0.5, 0.6) is 11.5 Å². The minimum Gasteiger partial charge on any atom is -0.448 e. The van der Waals surface area contributed by atoms with Gasteiger partial charge in [-0.25, -0.2) is 0 Å². The Bertz CT molecular complexity index is 1380. The molecule has 1 amide bonds. The van der Waals surface area contributed by atoms with Crippen LogP contribution in [0.15, 0.2) is 21.8 Å². The van der Waals surface area contributed by atoms with E-state index in [1.54, 1.807) is 6.07 Å². The number of aromatic nitrogens is 1. The summed E-state index contributed by atoms with van der Waals surface area (Å²) < 4.78 is 19.0. The van der Waals surface area contributed by atoms with Gasteiger partial charge in [0.1, 0.15) is 0 Å². The van der Waals surface area contributed by atoms with E-state index in [9.17, 15) is 9.59 Å². The summed E-state index contributed by atoms with van der Waals surface area (Å²) in [5.74, 6) is 0.929. The Balaban J connectivity index is 1.07. The number of H-pyrrole nitrogens is 1. The summed E-state index contributed by atoms with van der Waals surface area (Å²) in [5.41, 5.74) is 2.21. The fourth-order valence-corrected chi connectivity index (χ4v) is 7.38. The number of nitrogens with zero attached hydrogens (tertiary/aromatic N) is 1. The van der Waals surface area contributed by atoms with Gasteiger partial charge < -0.3 is 24.5 Å². The average Bonchev–Trinajstić information content (AvgIpc) is 3.68. The predicted octanol–water partition coefficient (Wildman–Crippen LogP) is 5.45. The highest BCUT2D eigenvalue weighted by atomic mass is 35.5. The number of hydrogen-bond donors (Lipinski definition) is 2. The number of pyridine rings is 1. The number of ether oxygens (including phenoxy) is 3. The van der Waals surface area contributed by atoms with Crippen molar-refractivity contribution >= 4 is 29.3 Å². The van der Waals surface area contributed by atoms with Crippen molar-refractivity contribution in [1.82, 2.24) is 15.2 Å². The number of fused-ring (bicyclic) bond motifs is 1. The maximum Gasteiger partial charge on any atom is 0.254 e. The van der Waals surface area contributed by atoms with E-state index in [0.29, 0.717) is 45.4 Å². The van der Waals surface area contributed by atoms with Crippen molar-refractivity contribution in [3.05, 3.63) is 49.9 Å². The molecule has 4 aliphatic rings. The molecule has 2 aliphatic heterocycles. The van der Waals surface area contributed by atoms with Crippen molar-refractivity contribution < 1.29 is 19.0 Å². The molecule has 0 radical (unpaired) electrons. The second kappa shape index (κ2) is 11.5. The number of likely N-dealkylation sites (tertiary alicyclic amines) is 1. The first kappa shape index (κ1) is 28.9. The number of halogens is 1. The van der Waals surface area contributed by atoms with E-state index < -0.39 is 5.79 Å². The summed E-state index contributed by atoms with van der Waals surface area (Å²) in [6.45, 7) is 8.84. The number of carbonyl (C=O) groups excluding carboxylic acids is 1. The maximum atomic E-state index is 13.3. The number of amides is 1. The Labute approximate surface area is 250 Å². The van der Waals surface area contributed by atoms with Crippen LogP contribution in [0.4, 0.5) is 0 Å². The van der Waals surface area contributed by atoms with E-state index in [1.165, 1.54) is 24.6 Å². The zero-order valence-electron chi connectivity index (χ0n) is 24.3. The maximum absolute atomic E-state index is 13.3. The molecule has 3 fully saturated rings. The van der Waals surface area contributed by atoms with Crippen LogP contribution in [0.2, 0.25) is 5.02 Å². The Morgan fingerprint density at radius 1 is 1.15 bits per heavy atom. The summed E-state index contributed by atoms with van der Waals surface area (Å²) >= 11 is 8.14. The van der Waals surface area contributed by atoms with Gasteiger partial charge in [-0.05, 0) is 76.7 Å². The Kier molecular flexibility index (Phi) is 8.09. The lowest BCUT2D eigenvalue weighted by Gasteiger charge is -2.47. The monoisotopic (exact) mass is 601 g/mol. The molecule has 1 unspecified atom stereocenters. The highest BCUT2D eigenvalue weighted by Crippen LogP contribution is 2.52. The van der Waals surface area contributed by atoms with Crippen molar-refractivity contribution in [2.24, 2.45) is 11.8 Å². The van der Waals surface area contributed by atoms with E-state index in [4.69, 9.17) is 25.8 Å². The van der Waals surface area contributed by atoms with Crippen LogP contribution >= 0.6 is 23.4 Å². The average molecular weight is 602 g/mol. The van der Waals surface area contributed by atoms with Crippen molar-refractivity contribution in [1.29, 1.82) is 0 Å². The number of aromatic amines is 1. The van der Waals surface area contributed by atoms with Crippen LogP contribution in [0.1, 0.15) is 72.6 Å². The van der Waals surface area contributed by atoms with Crippen molar-refractivity contribution in [3.8, 4) is 11.5 Å². The predicted molar refractivity (Wildman–Crippen MR) is 160 cm³/mol. The zero-order valence-corrected chi connectivity index (χ0v) is 25.9. The first-order valence-electron chi connectivity index (χ1n) is 14.8. The zero-order chi connectivity index (χ0) is 28.9. The second-order valence-electron chi connectivity index (χ2n) is 12.3. The number of aryl methyl sites for hydroxylation is 1. The normalized spacial score (nSPS) is 26.2. The van der Waals surface area contributed by atoms with E-state index in [1.807, 2.05) is 33.1 Å². The molecule has 1 atom stereocenters. The van der Waals surface area contributed by atoms with Gasteiger partial charge in [-0.3, -0.25) is 14.5 Å². The second-order valence-corrected chi connectivity index (χ2v) is 13.5. The lowest BCUT2D eigenvalue weighted by molar-refractivity contribution is -0.132. The van der Waals surface area contributed by atoms with Gasteiger partial charge in [0.2, 0.25) is 0 Å². The number of thioether (sulfide) groups is 1. The van der Waals surface area contributed by atoms with Crippen LogP contribution < -0.4 is 20.3 Å². The minimum atomic E-state index is -0.829. The van der Waals surface area contributed by atoms with Gasteiger partial charge in [-0.15, -0.1) is 11.8 Å². The van der Waals surface area contributed by atoms with Crippen LogP contribution in [0.3, 0.4) is 0 Å². The van der Waals surface area contributed by atoms with Crippen molar-refractivity contribution in [3.63, 3.8) is 0 Å². The molecule has 222 valence electrons. The number of benzene rings is 1. The van der Waals surface area contributed by atoms with Crippen molar-refractivity contribution in [2.75, 3.05) is 26.0 Å². The number of hydrogen-bond acceptors (Lipinski definition) is 7. The molecular weight excluding hydrogens is 562 g/mol. The van der Waals surface area contributed by atoms with Crippen molar-refractivity contribution in [2.45, 2.75) is 88.7 Å². The summed E-state index contributed by atoms with van der Waals surface area (Å²) in [6, 6.07) is 4.14. The van der Waals surface area contributed by atoms with Gasteiger partial charge in [-0.2, -0.15) is 0 Å². The number of rotatable bonds is 9. The molecular formula is C31H40ClN3O5S. The third kappa shape index (κ3) is 5.88. The topological polar surface area (TPSA) is 92.9 Å². The highest BCUT2D eigenvalue weighted by molar-refractivity contribution is 7.98. The Morgan fingerprint density at radius 3 is 2.54 bits per heavy atom. The SMILES string of the molecule is CSc1cc(C)[nH]c(=O)c1CNC(=O)c1cc(Cl)c2c(c1C)OC(C)(C1CCC(N3CC(OCC4CC4)C3)CC1)O2. The minimum absolute atomic E-state index is 0.113. The van der Waals surface area contributed by atoms with Crippen LogP contribution in [-0.2, 0) is 11.3 Å². The van der Waals surface area contributed by atoms with Crippen LogP contribution in [0, 0.1) is 25.7 Å². The fraction of sp³-hybridized carbons (Fsp3) is 0.613. The van der Waals surface area contributed by atoms with E-state index in [2.05, 4.69) is 15.2 Å². The molecule has 8 nitrogen and oxygen atoms in total. The summed E-state index contributed by atoms with van der Waals surface area (Å²) in [4.78, 5) is 32.0. The van der Waals surface area contributed by atoms with E-state index in [-0.39, 0.29) is 23.9 Å². The molecule has 1 aromatic carbocycles. The van der Waals surface area contributed by atoms with Crippen LogP contribution in [0.25, 0.3) is 0 Å². The number of nitrogens with one attached hydrogen (secondary N) is 2. The van der Waals surface area contributed by atoms with Gasteiger partial charge in [0, 0.05) is 72.4 Å². The van der Waals surface area contributed by atoms with Gasteiger partial charge in [-0.1, -0.05) is 11.6 Å². The third-order valence-corrected chi connectivity index (χ3v) is 10.3. The molecule has 3 heterocycles. The van der Waals surface area contributed by atoms with Gasteiger partial charge in [0.05, 0.1) is 11.1 Å². The first-order valence-corrected chi connectivity index (χ1v) is 16.4. The first-order chi connectivity index (χ1) is 19.6. The molecule has 10 heteroatoms. The lowest BCUT2D eigenvalue weighted by Crippen LogP contribution is -2.58. The molecule has 0 spiro atoms. The Hall–Kier alpha value is -2.20. The molecule has 1 aromatic heterocycles. The summed E-state index contributed by atoms with van der Waals surface area (Å²) in [7, 11) is 0. The van der Waals surface area contributed by atoms with E-state index >= 15 is 0 Å². The van der Waals surface area contributed by atoms with Gasteiger partial charge >= 0.3 is 0 Å². The number of carbonyl (C=O) groups is 1. The van der Waals surface area contributed by atoms with Gasteiger partial charge in [0.15, 0.2) is 11.5 Å². The quantitative estimate of drug-likeness (QED) is 0.369. The molecule has 6 rings (SSSR count). The standard InChI is InChI=1S/C31H40ClN3O5S/c1-17-11-26(41-4)24(30(37)34-17)13-33-29(36)23-12-25(32)28-27(18(23)2)39-31(3,40-28)20-7-9-21(10-8-20)35-14-22(15-35)38-16-19-5-6-19/h11-12,19-22H,5-10,13-16H2,1-4H3,(H,33,36)(H,34,37). The summed E-state index contributed by atoms with van der Waals surface area (Å²) in [5, 5.41) is 3.25. The fourth-order valence-electron chi connectivity index (χ4n) is 6.44. The van der Waals surface area contributed by atoms with Crippen LogP contribution in [-0.4, -0.2) is 59.7 Å². The largest absolute Gasteiger partial charge is 0.448 e. The summed E-state index contributed by atoms with van der Waals surface area (Å²) in [6.07, 6.45) is 9.21. The molecule has 2 aliphatic carbocycles. The van der Waals surface area contributed by atoms with E-state index in [0.717, 1.165) is 61.9 Å². The lowest BCUT2D eigenvalue weighted by atomic mass is 9.80. The molecule has 2 N–H and O–H groups in total. The molecule has 1 saturated heterocycles. The molecule has 0 bridgehead atoms. The molecule has 2 saturated carbocycles. The molecule has 2 aromatic rings. The Morgan fingerprint density at radius 2 is 1.85 bits per heavy atom.